The lowest BCUT2D eigenvalue weighted by molar-refractivity contribution is 0.00563. The van der Waals surface area contributed by atoms with Crippen LogP contribution in [0.5, 0.6) is 0 Å². The number of hydrogen-bond donors (Lipinski definition) is 1. The van der Waals surface area contributed by atoms with E-state index in [0.29, 0.717) is 18.2 Å². The van der Waals surface area contributed by atoms with Crippen molar-refractivity contribution in [3.63, 3.8) is 0 Å². The summed E-state index contributed by atoms with van der Waals surface area (Å²) in [6.07, 6.45) is 13.8. The number of ether oxygens (including phenoxy) is 1. The van der Waals surface area contributed by atoms with Crippen LogP contribution in [0.3, 0.4) is 0 Å². The fourth-order valence-electron chi connectivity index (χ4n) is 3.72. The molecule has 2 aliphatic rings. The minimum absolute atomic E-state index is 0.438. The van der Waals surface area contributed by atoms with E-state index in [2.05, 4.69) is 29.3 Å². The van der Waals surface area contributed by atoms with E-state index in [9.17, 15) is 0 Å². The summed E-state index contributed by atoms with van der Waals surface area (Å²) in [6.45, 7) is 0.942. The monoisotopic (exact) mass is 291 g/mol. The molecule has 1 aromatic rings. The first-order valence-corrected chi connectivity index (χ1v) is 8.68. The van der Waals surface area contributed by atoms with Gasteiger partial charge in [0.05, 0.1) is 17.8 Å². The predicted octanol–water partition coefficient (Wildman–Crippen LogP) is 3.09. The Morgan fingerprint density at radius 2 is 2.10 bits per heavy atom. The van der Waals surface area contributed by atoms with E-state index in [-0.39, 0.29) is 0 Å². The van der Waals surface area contributed by atoms with Gasteiger partial charge < -0.3 is 10.1 Å². The van der Waals surface area contributed by atoms with Gasteiger partial charge in [-0.15, -0.1) is 0 Å². The van der Waals surface area contributed by atoms with Gasteiger partial charge >= 0.3 is 0 Å². The van der Waals surface area contributed by atoms with Gasteiger partial charge in [-0.2, -0.15) is 5.10 Å². The largest absolute Gasteiger partial charge is 0.378 e. The molecule has 4 nitrogen and oxygen atoms in total. The second-order valence-corrected chi connectivity index (χ2v) is 6.64. The Morgan fingerprint density at radius 1 is 1.29 bits per heavy atom. The highest BCUT2D eigenvalue weighted by molar-refractivity contribution is 5.03. The van der Waals surface area contributed by atoms with Crippen molar-refractivity contribution in [1.82, 2.24) is 15.1 Å². The van der Waals surface area contributed by atoms with Crippen molar-refractivity contribution in [2.45, 2.75) is 76.0 Å². The number of rotatable bonds is 6. The number of likely N-dealkylation sites (N-methyl/N-ethyl adjacent to an activating group) is 1. The molecule has 4 heteroatoms. The third-order valence-corrected chi connectivity index (χ3v) is 5.05. The zero-order valence-electron chi connectivity index (χ0n) is 13.3. The summed E-state index contributed by atoms with van der Waals surface area (Å²) < 4.78 is 8.07. The maximum absolute atomic E-state index is 5.87. The molecule has 21 heavy (non-hydrogen) atoms. The minimum atomic E-state index is 0.438. The van der Waals surface area contributed by atoms with Crippen LogP contribution in [-0.4, -0.2) is 35.6 Å². The molecule has 2 heterocycles. The second kappa shape index (κ2) is 7.41. The van der Waals surface area contributed by atoms with E-state index in [0.717, 1.165) is 19.4 Å². The Hall–Kier alpha value is -0.870. The molecule has 1 saturated heterocycles. The first-order valence-electron chi connectivity index (χ1n) is 8.68. The van der Waals surface area contributed by atoms with Crippen LogP contribution in [0.4, 0.5) is 0 Å². The number of aromatic nitrogens is 2. The van der Waals surface area contributed by atoms with E-state index in [1.54, 1.807) is 0 Å². The van der Waals surface area contributed by atoms with E-state index >= 15 is 0 Å². The van der Waals surface area contributed by atoms with Crippen molar-refractivity contribution >= 4 is 0 Å². The van der Waals surface area contributed by atoms with Gasteiger partial charge in [0.1, 0.15) is 0 Å². The maximum atomic E-state index is 5.87. The molecule has 1 saturated carbocycles. The smallest absolute Gasteiger partial charge is 0.0640 e. The van der Waals surface area contributed by atoms with Crippen molar-refractivity contribution in [2.24, 2.45) is 0 Å². The van der Waals surface area contributed by atoms with Crippen LogP contribution in [0, 0.1) is 0 Å². The van der Waals surface area contributed by atoms with Crippen molar-refractivity contribution in [1.29, 1.82) is 0 Å². The van der Waals surface area contributed by atoms with Gasteiger partial charge in [-0.3, -0.25) is 4.68 Å². The Bertz CT molecular complexity index is 419. The molecule has 1 aromatic heterocycles. The molecule has 2 fully saturated rings. The Labute approximate surface area is 128 Å². The maximum Gasteiger partial charge on any atom is 0.0640 e. The molecule has 0 bridgehead atoms. The summed E-state index contributed by atoms with van der Waals surface area (Å²) in [5.74, 6) is 0. The summed E-state index contributed by atoms with van der Waals surface area (Å²) in [4.78, 5) is 0. The van der Waals surface area contributed by atoms with Crippen LogP contribution >= 0.6 is 0 Å². The normalized spacial score (nSPS) is 25.3. The Balaban J connectivity index is 1.53. The van der Waals surface area contributed by atoms with Gasteiger partial charge in [0.2, 0.25) is 0 Å². The van der Waals surface area contributed by atoms with E-state index < -0.39 is 0 Å². The summed E-state index contributed by atoms with van der Waals surface area (Å²) in [5, 5.41) is 8.26. The highest BCUT2D eigenvalue weighted by Crippen LogP contribution is 2.28. The molecule has 1 N–H and O–H groups in total. The zero-order valence-corrected chi connectivity index (χ0v) is 13.3. The molecule has 1 aliphatic carbocycles. The Kier molecular flexibility index (Phi) is 5.31. The molecule has 0 spiro atoms. The number of hydrogen-bond acceptors (Lipinski definition) is 3. The summed E-state index contributed by atoms with van der Waals surface area (Å²) >= 11 is 0. The van der Waals surface area contributed by atoms with Crippen LogP contribution in [0.1, 0.15) is 63.1 Å². The van der Waals surface area contributed by atoms with E-state index in [4.69, 9.17) is 9.84 Å². The molecule has 0 aromatic carbocycles. The molecule has 1 aliphatic heterocycles. The first-order chi connectivity index (χ1) is 10.3. The van der Waals surface area contributed by atoms with Crippen molar-refractivity contribution < 1.29 is 4.74 Å². The molecule has 0 amide bonds. The molecular formula is C17H29N3O. The van der Waals surface area contributed by atoms with Crippen LogP contribution in [0.25, 0.3) is 0 Å². The zero-order chi connectivity index (χ0) is 14.5. The van der Waals surface area contributed by atoms with E-state index in [1.165, 1.54) is 50.6 Å². The molecular weight excluding hydrogens is 262 g/mol. The van der Waals surface area contributed by atoms with Crippen molar-refractivity contribution in [3.8, 4) is 0 Å². The molecule has 2 atom stereocenters. The third kappa shape index (κ3) is 4.07. The summed E-state index contributed by atoms with van der Waals surface area (Å²) in [7, 11) is 2.06. The quantitative estimate of drug-likeness (QED) is 0.875. The lowest BCUT2D eigenvalue weighted by Crippen LogP contribution is -2.34. The van der Waals surface area contributed by atoms with Crippen molar-refractivity contribution in [2.75, 3.05) is 13.7 Å². The fraction of sp³-hybridized carbons (Fsp3) is 0.824. The lowest BCUT2D eigenvalue weighted by atomic mass is 9.99. The second-order valence-electron chi connectivity index (χ2n) is 6.64. The Morgan fingerprint density at radius 3 is 2.81 bits per heavy atom. The van der Waals surface area contributed by atoms with Gasteiger partial charge in [-0.1, -0.05) is 12.8 Å². The topological polar surface area (TPSA) is 39.1 Å². The van der Waals surface area contributed by atoms with Gasteiger partial charge in [0, 0.05) is 25.3 Å². The summed E-state index contributed by atoms with van der Waals surface area (Å²) in [6, 6.07) is 3.32. The number of nitrogens with one attached hydrogen (secondary N) is 1. The van der Waals surface area contributed by atoms with Crippen LogP contribution in [0.15, 0.2) is 12.3 Å². The highest BCUT2D eigenvalue weighted by Gasteiger charge is 2.21. The lowest BCUT2D eigenvalue weighted by Gasteiger charge is -2.26. The van der Waals surface area contributed by atoms with Gasteiger partial charge in [0.25, 0.3) is 0 Å². The predicted molar refractivity (Wildman–Crippen MR) is 84.5 cm³/mol. The van der Waals surface area contributed by atoms with Gasteiger partial charge in [-0.05, 0) is 51.6 Å². The van der Waals surface area contributed by atoms with E-state index in [1.807, 2.05) is 0 Å². The average molecular weight is 291 g/mol. The summed E-state index contributed by atoms with van der Waals surface area (Å²) in [5.41, 5.74) is 1.22. The van der Waals surface area contributed by atoms with Crippen LogP contribution in [-0.2, 0) is 11.2 Å². The molecule has 3 rings (SSSR count). The number of nitrogens with zero attached hydrogens (tertiary/aromatic N) is 2. The standard InChI is InChI=1S/C17H29N3O/c1-18-15(13-17-8-4-5-11-21-17)12-14-9-10-20(19-14)16-6-2-3-7-16/h9-10,15-18H,2-8,11-13H2,1H3. The SMILES string of the molecule is CNC(Cc1ccn(C2CCCC2)n1)CC1CCCCO1. The third-order valence-electron chi connectivity index (χ3n) is 5.05. The van der Waals surface area contributed by atoms with Gasteiger partial charge in [-0.25, -0.2) is 0 Å². The van der Waals surface area contributed by atoms with Crippen molar-refractivity contribution in [3.05, 3.63) is 18.0 Å². The van der Waals surface area contributed by atoms with Crippen LogP contribution in [0.2, 0.25) is 0 Å². The minimum Gasteiger partial charge on any atom is -0.378 e. The highest BCUT2D eigenvalue weighted by atomic mass is 16.5. The molecule has 2 unspecified atom stereocenters. The molecule has 0 radical (unpaired) electrons. The van der Waals surface area contributed by atoms with Crippen LogP contribution < -0.4 is 5.32 Å². The first kappa shape index (κ1) is 15.0. The molecule has 118 valence electrons. The average Bonchev–Trinajstić information content (AvgIpc) is 3.18. The fourth-order valence-corrected chi connectivity index (χ4v) is 3.72. The van der Waals surface area contributed by atoms with Gasteiger partial charge in [0.15, 0.2) is 0 Å².